The molecule has 1 amide bonds. The summed E-state index contributed by atoms with van der Waals surface area (Å²) in [5, 5.41) is 12.3. The number of methoxy groups -OCH3 is 1. The Labute approximate surface area is 169 Å². The zero-order valence-electron chi connectivity index (χ0n) is 13.8. The van der Waals surface area contributed by atoms with E-state index < -0.39 is 0 Å². The van der Waals surface area contributed by atoms with Gasteiger partial charge < -0.3 is 19.6 Å². The monoisotopic (exact) mass is 483 g/mol. The molecule has 134 valence electrons. The van der Waals surface area contributed by atoms with E-state index in [1.165, 1.54) is 7.11 Å². The van der Waals surface area contributed by atoms with Gasteiger partial charge in [0.2, 0.25) is 0 Å². The summed E-state index contributed by atoms with van der Waals surface area (Å²) in [6.07, 6.45) is 0. The van der Waals surface area contributed by atoms with Crippen molar-refractivity contribution in [1.82, 2.24) is 0 Å². The third-order valence-corrected chi connectivity index (χ3v) is 4.72. The number of carbonyl (C=O) groups excluding carboxylic acids is 1. The molecule has 0 saturated carbocycles. The Kier molecular flexibility index (Phi) is 5.85. The van der Waals surface area contributed by atoms with Crippen LogP contribution in [0.2, 0.25) is 5.02 Å². The fraction of sp³-hybridized carbons (Fsp3) is 0.105. The molecule has 0 unspecified atom stereocenters. The molecular formula is C19H15ClINO4. The molecule has 0 fully saturated rings. The van der Waals surface area contributed by atoms with Crippen LogP contribution in [0.25, 0.3) is 11.3 Å². The minimum atomic E-state index is -0.302. The van der Waals surface area contributed by atoms with E-state index in [4.69, 9.17) is 25.9 Å². The molecule has 0 aliphatic heterocycles. The van der Waals surface area contributed by atoms with Gasteiger partial charge in [0.15, 0.2) is 0 Å². The first-order chi connectivity index (χ1) is 12.5. The fourth-order valence-electron chi connectivity index (χ4n) is 2.45. The minimum absolute atomic E-state index is 0.174. The van der Waals surface area contributed by atoms with Crippen molar-refractivity contribution in [1.29, 1.82) is 0 Å². The Morgan fingerprint density at radius 1 is 1.23 bits per heavy atom. The van der Waals surface area contributed by atoms with Gasteiger partial charge in [0.1, 0.15) is 23.9 Å². The van der Waals surface area contributed by atoms with E-state index in [0.29, 0.717) is 33.5 Å². The summed E-state index contributed by atoms with van der Waals surface area (Å²) < 4.78 is 11.9. The number of rotatable bonds is 5. The minimum Gasteiger partial charge on any atom is -0.496 e. The highest BCUT2D eigenvalue weighted by atomic mass is 127. The molecule has 7 heteroatoms. The molecule has 0 saturated heterocycles. The lowest BCUT2D eigenvalue weighted by Gasteiger charge is -2.11. The zero-order chi connectivity index (χ0) is 18.7. The van der Waals surface area contributed by atoms with E-state index in [1.54, 1.807) is 42.5 Å². The molecule has 1 aromatic heterocycles. The Morgan fingerprint density at radius 3 is 2.73 bits per heavy atom. The number of anilines is 1. The third-order valence-electron chi connectivity index (χ3n) is 3.72. The molecule has 0 aliphatic carbocycles. The fourth-order valence-corrected chi connectivity index (χ4v) is 3.14. The summed E-state index contributed by atoms with van der Waals surface area (Å²) in [6, 6.07) is 13.9. The summed E-state index contributed by atoms with van der Waals surface area (Å²) in [7, 11) is 1.54. The second kappa shape index (κ2) is 8.11. The molecule has 3 rings (SSSR count). The average Bonchev–Trinajstić information content (AvgIpc) is 3.12. The van der Waals surface area contributed by atoms with Crippen molar-refractivity contribution in [3.05, 3.63) is 68.4 Å². The highest BCUT2D eigenvalue weighted by molar-refractivity contribution is 14.1. The maximum absolute atomic E-state index is 12.5. The van der Waals surface area contributed by atoms with Crippen molar-refractivity contribution in [2.75, 3.05) is 12.4 Å². The van der Waals surface area contributed by atoms with Gasteiger partial charge in [-0.1, -0.05) is 11.6 Å². The standard InChI is InChI=1S/C19H15ClINO4/c1-25-18-9-12(3-5-14(18)17-7-4-13(10-23)26-17)22-19(24)15-8-11(21)2-6-16(15)20/h2-9,23H,10H2,1H3,(H,22,24). The van der Waals surface area contributed by atoms with Crippen molar-refractivity contribution < 1.29 is 19.1 Å². The van der Waals surface area contributed by atoms with Crippen LogP contribution in [-0.2, 0) is 6.61 Å². The van der Waals surface area contributed by atoms with Gasteiger partial charge in [-0.2, -0.15) is 0 Å². The van der Waals surface area contributed by atoms with Gasteiger partial charge in [0.25, 0.3) is 5.91 Å². The number of carbonyl (C=O) groups is 1. The number of ether oxygens (including phenoxy) is 1. The average molecular weight is 484 g/mol. The maximum Gasteiger partial charge on any atom is 0.257 e. The molecule has 2 aromatic carbocycles. The van der Waals surface area contributed by atoms with Crippen molar-refractivity contribution in [2.24, 2.45) is 0 Å². The zero-order valence-corrected chi connectivity index (χ0v) is 16.7. The molecule has 0 bridgehead atoms. The van der Waals surface area contributed by atoms with Gasteiger partial charge in [-0.3, -0.25) is 4.79 Å². The summed E-state index contributed by atoms with van der Waals surface area (Å²) in [5.41, 5.74) is 1.69. The molecule has 5 nitrogen and oxygen atoms in total. The number of furan rings is 1. The van der Waals surface area contributed by atoms with E-state index in [0.717, 1.165) is 9.13 Å². The van der Waals surface area contributed by atoms with Crippen molar-refractivity contribution >= 4 is 45.8 Å². The second-order valence-corrected chi connectivity index (χ2v) is 7.07. The van der Waals surface area contributed by atoms with Gasteiger partial charge in [-0.05, 0) is 65.1 Å². The Hall–Kier alpha value is -2.03. The van der Waals surface area contributed by atoms with E-state index in [9.17, 15) is 4.79 Å². The predicted molar refractivity (Wildman–Crippen MR) is 109 cm³/mol. The molecule has 0 radical (unpaired) electrons. The first-order valence-corrected chi connectivity index (χ1v) is 9.12. The Morgan fingerprint density at radius 2 is 2.04 bits per heavy atom. The maximum atomic E-state index is 12.5. The van der Waals surface area contributed by atoms with Crippen LogP contribution in [0.4, 0.5) is 5.69 Å². The van der Waals surface area contributed by atoms with Crippen LogP contribution in [0, 0.1) is 3.57 Å². The van der Waals surface area contributed by atoms with Crippen LogP contribution in [0.15, 0.2) is 52.9 Å². The van der Waals surface area contributed by atoms with E-state index >= 15 is 0 Å². The number of benzene rings is 2. The van der Waals surface area contributed by atoms with Gasteiger partial charge in [0.05, 0.1) is 23.3 Å². The molecule has 1 heterocycles. The number of aliphatic hydroxyl groups excluding tert-OH is 1. The lowest BCUT2D eigenvalue weighted by molar-refractivity contribution is 0.102. The lowest BCUT2D eigenvalue weighted by Crippen LogP contribution is -2.12. The number of amides is 1. The Balaban J connectivity index is 1.87. The summed E-state index contributed by atoms with van der Waals surface area (Å²) in [6.45, 7) is -0.174. The Bertz CT molecular complexity index is 954. The quantitative estimate of drug-likeness (QED) is 0.503. The van der Waals surface area contributed by atoms with Crippen LogP contribution in [0.5, 0.6) is 5.75 Å². The van der Waals surface area contributed by atoms with Gasteiger partial charge in [-0.25, -0.2) is 0 Å². The lowest BCUT2D eigenvalue weighted by atomic mass is 10.1. The van der Waals surface area contributed by atoms with Crippen molar-refractivity contribution in [3.8, 4) is 17.1 Å². The molecule has 2 N–H and O–H groups in total. The molecular weight excluding hydrogens is 469 g/mol. The molecule has 0 atom stereocenters. The largest absolute Gasteiger partial charge is 0.496 e. The number of hydrogen-bond donors (Lipinski definition) is 2. The smallest absolute Gasteiger partial charge is 0.257 e. The summed E-state index contributed by atoms with van der Waals surface area (Å²) >= 11 is 8.24. The molecule has 26 heavy (non-hydrogen) atoms. The number of hydrogen-bond acceptors (Lipinski definition) is 4. The summed E-state index contributed by atoms with van der Waals surface area (Å²) in [5.74, 6) is 1.27. The SMILES string of the molecule is COc1cc(NC(=O)c2cc(I)ccc2Cl)ccc1-c1ccc(CO)o1. The second-order valence-electron chi connectivity index (χ2n) is 5.42. The van der Waals surface area contributed by atoms with Crippen LogP contribution < -0.4 is 10.1 Å². The van der Waals surface area contributed by atoms with Crippen LogP contribution in [0.3, 0.4) is 0 Å². The summed E-state index contributed by atoms with van der Waals surface area (Å²) in [4.78, 5) is 12.5. The predicted octanol–water partition coefficient (Wildman–Crippen LogP) is 4.96. The van der Waals surface area contributed by atoms with E-state index in [-0.39, 0.29) is 12.5 Å². The van der Waals surface area contributed by atoms with Crippen LogP contribution in [-0.4, -0.2) is 18.1 Å². The molecule has 0 spiro atoms. The molecule has 0 aliphatic rings. The molecule has 3 aromatic rings. The normalized spacial score (nSPS) is 10.6. The number of halogens is 2. The third kappa shape index (κ3) is 4.03. The van der Waals surface area contributed by atoms with Crippen molar-refractivity contribution in [3.63, 3.8) is 0 Å². The first kappa shape index (κ1) is 18.8. The van der Waals surface area contributed by atoms with Crippen LogP contribution >= 0.6 is 34.2 Å². The number of nitrogens with one attached hydrogen (secondary N) is 1. The number of aliphatic hydroxyl groups is 1. The first-order valence-electron chi connectivity index (χ1n) is 7.66. The van der Waals surface area contributed by atoms with Gasteiger partial charge in [0, 0.05) is 15.3 Å². The van der Waals surface area contributed by atoms with Gasteiger partial charge in [-0.15, -0.1) is 0 Å². The van der Waals surface area contributed by atoms with Crippen LogP contribution in [0.1, 0.15) is 16.1 Å². The van der Waals surface area contributed by atoms with E-state index in [2.05, 4.69) is 27.9 Å². The van der Waals surface area contributed by atoms with Gasteiger partial charge >= 0.3 is 0 Å². The highest BCUT2D eigenvalue weighted by Crippen LogP contribution is 2.34. The van der Waals surface area contributed by atoms with Crippen molar-refractivity contribution in [2.45, 2.75) is 6.61 Å². The van der Waals surface area contributed by atoms with E-state index in [1.807, 2.05) is 6.07 Å². The highest BCUT2D eigenvalue weighted by Gasteiger charge is 2.14. The topological polar surface area (TPSA) is 71.7 Å².